The highest BCUT2D eigenvalue weighted by atomic mass is 35.5. The molecule has 4 aromatic rings. The predicted molar refractivity (Wildman–Crippen MR) is 145 cm³/mol. The molecular weight excluding hydrogens is 573 g/mol. The Kier molecular flexibility index (Phi) is 6.96. The number of carbonyl (C=O) groups is 2. The van der Waals surface area contributed by atoms with Gasteiger partial charge in [0.25, 0.3) is 5.78 Å². The number of hydrogen-bond acceptors (Lipinski definition) is 7. The normalized spacial score (nSPS) is 16.8. The monoisotopic (exact) mass is 590 g/mol. The molecule has 3 aromatic carbocycles. The Bertz CT molecular complexity index is 1680. The number of ether oxygens (including phenoxy) is 2. The van der Waals surface area contributed by atoms with Gasteiger partial charge in [0.2, 0.25) is 0 Å². The number of aliphatic hydroxyl groups excluding tert-OH is 1. The molecule has 1 aliphatic rings. The lowest BCUT2D eigenvalue weighted by Crippen LogP contribution is -2.29. The topological polar surface area (TPSA) is 89.0 Å². The van der Waals surface area contributed by atoms with E-state index in [0.29, 0.717) is 5.56 Å². The average Bonchev–Trinajstić information content (AvgIpc) is 3.41. The number of carbonyl (C=O) groups excluding carboxylic acids is 2. The molecule has 7 nitrogen and oxygen atoms in total. The van der Waals surface area contributed by atoms with Crippen molar-refractivity contribution >= 4 is 67.3 Å². The first kappa shape index (κ1) is 26.9. The average molecular weight is 591 g/mol. The van der Waals surface area contributed by atoms with E-state index < -0.39 is 35.1 Å². The van der Waals surface area contributed by atoms with E-state index in [9.17, 15) is 23.5 Å². The number of Topliss-reactive ketones (excluding diaryl/α,β-unsaturated/α-hetero) is 1. The van der Waals surface area contributed by atoms with Crippen LogP contribution in [0.15, 0.2) is 48.0 Å². The summed E-state index contributed by atoms with van der Waals surface area (Å²) in [6.45, 7) is 1.82. The van der Waals surface area contributed by atoms with E-state index in [2.05, 4.69) is 4.98 Å². The molecule has 0 radical (unpaired) electrons. The molecule has 2 heterocycles. The number of fused-ring (bicyclic) bond motifs is 1. The number of amides is 1. The molecule has 1 fully saturated rings. The lowest BCUT2D eigenvalue weighted by atomic mass is 9.94. The van der Waals surface area contributed by atoms with Crippen LogP contribution >= 0.6 is 34.5 Å². The second-order valence-corrected chi connectivity index (χ2v) is 10.4. The third kappa shape index (κ3) is 4.38. The van der Waals surface area contributed by atoms with Crippen LogP contribution in [0.2, 0.25) is 10.0 Å². The van der Waals surface area contributed by atoms with Gasteiger partial charge in [-0.3, -0.25) is 14.5 Å². The van der Waals surface area contributed by atoms with Crippen LogP contribution < -0.4 is 14.4 Å². The zero-order valence-electron chi connectivity index (χ0n) is 20.5. The summed E-state index contributed by atoms with van der Waals surface area (Å²) >= 11 is 13.6. The Hall–Kier alpha value is -3.73. The smallest absolute Gasteiger partial charge is 0.301 e. The standard InChI is InChI=1S/C27H18Cl2F2N2O5S/c1-11-5-4-6-12(7-11)21-19(22(34)13-8-14(28)25(38-3)20(29)24(13)37-2)23(35)26(36)33(21)27-32-17-9-15(30)16(31)10-18(17)39-27/h4-10,21,34H,1-3H3/b22-19+. The van der Waals surface area contributed by atoms with Gasteiger partial charge in [-0.1, -0.05) is 64.4 Å². The van der Waals surface area contributed by atoms with Crippen molar-refractivity contribution in [2.75, 3.05) is 19.1 Å². The van der Waals surface area contributed by atoms with Crippen molar-refractivity contribution in [2.45, 2.75) is 13.0 Å². The van der Waals surface area contributed by atoms with E-state index >= 15 is 0 Å². The van der Waals surface area contributed by atoms with E-state index in [1.54, 1.807) is 18.2 Å². The molecule has 1 aliphatic heterocycles. The number of ketones is 1. The highest BCUT2D eigenvalue weighted by Gasteiger charge is 2.48. The third-order valence-corrected chi connectivity index (χ3v) is 7.86. The molecule has 39 heavy (non-hydrogen) atoms. The highest BCUT2D eigenvalue weighted by molar-refractivity contribution is 7.22. The number of hydrogen-bond donors (Lipinski definition) is 1. The van der Waals surface area contributed by atoms with Crippen LogP contribution in [-0.4, -0.2) is 36.0 Å². The molecule has 1 saturated heterocycles. The molecule has 0 saturated carbocycles. The zero-order chi connectivity index (χ0) is 28.2. The quantitative estimate of drug-likeness (QED) is 0.156. The largest absolute Gasteiger partial charge is 0.507 e. The summed E-state index contributed by atoms with van der Waals surface area (Å²) in [4.78, 5) is 32.4. The molecule has 1 N–H and O–H groups in total. The van der Waals surface area contributed by atoms with Crippen molar-refractivity contribution < 1.29 is 33.0 Å². The zero-order valence-corrected chi connectivity index (χ0v) is 22.8. The van der Waals surface area contributed by atoms with Crippen molar-refractivity contribution in [3.8, 4) is 11.5 Å². The van der Waals surface area contributed by atoms with Crippen molar-refractivity contribution in [3.05, 3.63) is 86.4 Å². The molecule has 12 heteroatoms. The minimum absolute atomic E-state index is 0.0143. The number of nitrogens with zero attached hydrogens (tertiary/aromatic N) is 2. The molecule has 1 amide bonds. The fourth-order valence-corrected chi connectivity index (χ4v) is 6.18. The van der Waals surface area contributed by atoms with Crippen molar-refractivity contribution in [1.29, 1.82) is 0 Å². The predicted octanol–water partition coefficient (Wildman–Crippen LogP) is 6.83. The van der Waals surface area contributed by atoms with E-state index in [4.69, 9.17) is 32.7 Å². The van der Waals surface area contributed by atoms with Gasteiger partial charge in [-0.2, -0.15) is 0 Å². The Labute approximate surface area is 234 Å². The minimum atomic E-state index is -1.15. The van der Waals surface area contributed by atoms with Gasteiger partial charge in [0.1, 0.15) is 10.8 Å². The number of aliphatic hydroxyl groups is 1. The first-order chi connectivity index (χ1) is 18.6. The van der Waals surface area contributed by atoms with Gasteiger partial charge < -0.3 is 14.6 Å². The van der Waals surface area contributed by atoms with Crippen LogP contribution in [-0.2, 0) is 9.59 Å². The van der Waals surface area contributed by atoms with Gasteiger partial charge in [-0.25, -0.2) is 13.8 Å². The first-order valence-electron chi connectivity index (χ1n) is 11.3. The molecule has 0 spiro atoms. The first-order valence-corrected chi connectivity index (χ1v) is 12.9. The summed E-state index contributed by atoms with van der Waals surface area (Å²) in [7, 11) is 2.66. The van der Waals surface area contributed by atoms with Crippen molar-refractivity contribution in [2.24, 2.45) is 0 Å². The fourth-order valence-electron chi connectivity index (χ4n) is 4.49. The highest BCUT2D eigenvalue weighted by Crippen LogP contribution is 2.49. The summed E-state index contributed by atoms with van der Waals surface area (Å²) in [6.07, 6.45) is 0. The minimum Gasteiger partial charge on any atom is -0.507 e. The number of thiazole rings is 1. The van der Waals surface area contributed by atoms with Crippen LogP contribution in [0.1, 0.15) is 22.7 Å². The fraction of sp³-hybridized carbons (Fsp3) is 0.148. The van der Waals surface area contributed by atoms with Gasteiger partial charge >= 0.3 is 5.91 Å². The number of halogens is 4. The van der Waals surface area contributed by atoms with Crippen molar-refractivity contribution in [1.82, 2.24) is 4.98 Å². The molecule has 1 atom stereocenters. The number of rotatable bonds is 5. The number of aryl methyl sites for hydroxylation is 1. The lowest BCUT2D eigenvalue weighted by molar-refractivity contribution is -0.132. The number of benzene rings is 3. The molecule has 0 aliphatic carbocycles. The Balaban J connectivity index is 1.79. The van der Waals surface area contributed by atoms with E-state index in [1.165, 1.54) is 20.3 Å². The Morgan fingerprint density at radius 3 is 2.41 bits per heavy atom. The number of anilines is 1. The lowest BCUT2D eigenvalue weighted by Gasteiger charge is -2.23. The molecular formula is C27H18Cl2F2N2O5S. The second kappa shape index (κ2) is 10.1. The van der Waals surface area contributed by atoms with Crippen molar-refractivity contribution in [3.63, 3.8) is 0 Å². The van der Waals surface area contributed by atoms with Gasteiger partial charge in [0, 0.05) is 6.07 Å². The summed E-state index contributed by atoms with van der Waals surface area (Å²) in [5, 5.41) is 11.5. The molecule has 1 unspecified atom stereocenters. The van der Waals surface area contributed by atoms with E-state index in [-0.39, 0.29) is 48.0 Å². The summed E-state index contributed by atoms with van der Waals surface area (Å²) in [5.74, 6) is -4.71. The van der Waals surface area contributed by atoms with Crippen LogP contribution in [0.3, 0.4) is 0 Å². The Morgan fingerprint density at radius 1 is 1.05 bits per heavy atom. The molecule has 1 aromatic heterocycles. The molecule has 5 rings (SSSR count). The Morgan fingerprint density at radius 2 is 1.74 bits per heavy atom. The molecule has 200 valence electrons. The second-order valence-electron chi connectivity index (χ2n) is 8.60. The summed E-state index contributed by atoms with van der Waals surface area (Å²) < 4.78 is 38.6. The maximum Gasteiger partial charge on any atom is 0.301 e. The van der Waals surface area contributed by atoms with Gasteiger partial charge in [-0.15, -0.1) is 0 Å². The maximum atomic E-state index is 13.9. The van der Waals surface area contributed by atoms with Crippen LogP contribution in [0, 0.1) is 18.6 Å². The number of aromatic nitrogens is 1. The number of methoxy groups -OCH3 is 2. The van der Waals surface area contributed by atoms with Gasteiger partial charge in [0.05, 0.1) is 46.6 Å². The van der Waals surface area contributed by atoms with Crippen LogP contribution in [0.25, 0.3) is 16.0 Å². The molecule has 0 bridgehead atoms. The third-order valence-electron chi connectivity index (χ3n) is 6.22. The van der Waals surface area contributed by atoms with E-state index in [0.717, 1.165) is 33.9 Å². The summed E-state index contributed by atoms with van der Waals surface area (Å²) in [6, 6.07) is 9.02. The van der Waals surface area contributed by atoms with Crippen LogP contribution in [0.4, 0.5) is 13.9 Å². The summed E-state index contributed by atoms with van der Waals surface area (Å²) in [5.41, 5.74) is 1.08. The maximum absolute atomic E-state index is 13.9. The van der Waals surface area contributed by atoms with Gasteiger partial charge in [0.15, 0.2) is 28.3 Å². The van der Waals surface area contributed by atoms with Crippen LogP contribution in [0.5, 0.6) is 11.5 Å². The van der Waals surface area contributed by atoms with Gasteiger partial charge in [-0.05, 0) is 24.6 Å². The SMILES string of the molecule is COc1c(Cl)cc(/C(O)=C2\C(=O)C(=O)N(c3nc4cc(F)c(F)cc4s3)C2c2cccc(C)c2)c(OC)c1Cl. The van der Waals surface area contributed by atoms with E-state index in [1.807, 2.05) is 13.0 Å².